The number of unbranched alkanes of at least 4 members (excludes halogenated alkanes) is 1. The molecule has 9 heteroatoms. The highest BCUT2D eigenvalue weighted by molar-refractivity contribution is 5.76. The number of halogens is 3. The molecule has 1 saturated heterocycles. The molecule has 1 aliphatic heterocycles. The molecule has 2 aromatic carbocycles. The number of hydrogen-bond donors (Lipinski definition) is 1. The van der Waals surface area contributed by atoms with E-state index in [1.807, 2.05) is 23.1 Å². The van der Waals surface area contributed by atoms with E-state index < -0.39 is 11.7 Å². The van der Waals surface area contributed by atoms with Crippen molar-refractivity contribution < 1.29 is 22.7 Å². The molecule has 0 aliphatic carbocycles. The van der Waals surface area contributed by atoms with Crippen LogP contribution >= 0.6 is 0 Å². The Morgan fingerprint density at radius 2 is 1.89 bits per heavy atom. The summed E-state index contributed by atoms with van der Waals surface area (Å²) in [6, 6.07) is 17.3. The number of carbonyl (C=O) groups excluding carboxylic acids is 1. The Morgan fingerprint density at radius 3 is 2.57 bits per heavy atom. The second-order valence-corrected chi connectivity index (χ2v) is 8.14. The van der Waals surface area contributed by atoms with E-state index in [0.29, 0.717) is 6.54 Å². The molecule has 180 valence electrons. The molecule has 1 aliphatic rings. The molecular formula is C26H23F3N4O2. The van der Waals surface area contributed by atoms with Gasteiger partial charge < -0.3 is 15.0 Å². The molecule has 1 N–H and O–H groups in total. The van der Waals surface area contributed by atoms with Gasteiger partial charge in [-0.1, -0.05) is 6.07 Å². The average Bonchev–Trinajstić information content (AvgIpc) is 3.26. The largest absolute Gasteiger partial charge is 0.457 e. The lowest BCUT2D eigenvalue weighted by molar-refractivity contribution is -0.138. The molecule has 2 heterocycles. The van der Waals surface area contributed by atoms with Gasteiger partial charge in [0.05, 0.1) is 22.9 Å². The molecule has 4 rings (SSSR count). The molecular weight excluding hydrogens is 457 g/mol. The number of ether oxygens (including phenoxy) is 1. The van der Waals surface area contributed by atoms with Gasteiger partial charge in [0, 0.05) is 30.9 Å². The van der Waals surface area contributed by atoms with Crippen LogP contribution in [0.4, 0.5) is 18.0 Å². The molecule has 0 spiro atoms. The van der Waals surface area contributed by atoms with Crippen LogP contribution in [0.3, 0.4) is 0 Å². The maximum atomic E-state index is 13.4. The summed E-state index contributed by atoms with van der Waals surface area (Å²) in [6.07, 6.45) is -2.07. The summed E-state index contributed by atoms with van der Waals surface area (Å²) in [5, 5.41) is 11.7. The number of aromatic nitrogens is 1. The Hall–Kier alpha value is -4.06. The Morgan fingerprint density at radius 1 is 1.09 bits per heavy atom. The van der Waals surface area contributed by atoms with Crippen LogP contribution in [0.5, 0.6) is 11.5 Å². The number of nitrogens with zero attached hydrogens (tertiary/aromatic N) is 3. The fraction of sp³-hybridized carbons (Fsp3) is 0.269. The fourth-order valence-electron chi connectivity index (χ4n) is 3.84. The SMILES string of the molecule is N#Cc1ccc(Oc2ccc(-c3cccc(CCCCN4CCNC4=O)n3)cc2)c(C(F)(F)F)c1. The summed E-state index contributed by atoms with van der Waals surface area (Å²) in [6.45, 7) is 2.17. The summed E-state index contributed by atoms with van der Waals surface area (Å²) in [4.78, 5) is 18.1. The van der Waals surface area contributed by atoms with Crippen molar-refractivity contribution in [1.29, 1.82) is 5.26 Å². The second kappa shape index (κ2) is 10.5. The van der Waals surface area contributed by atoms with Crippen LogP contribution in [-0.2, 0) is 12.6 Å². The van der Waals surface area contributed by atoms with Gasteiger partial charge in [-0.05, 0) is 73.9 Å². The van der Waals surface area contributed by atoms with E-state index in [2.05, 4.69) is 5.32 Å². The molecule has 0 atom stereocenters. The summed E-state index contributed by atoms with van der Waals surface area (Å²) in [7, 11) is 0. The Labute approximate surface area is 201 Å². The van der Waals surface area contributed by atoms with Crippen molar-refractivity contribution in [2.24, 2.45) is 0 Å². The Kier molecular flexibility index (Phi) is 7.20. The minimum absolute atomic E-state index is 0.00800. The number of hydrogen-bond acceptors (Lipinski definition) is 4. The average molecular weight is 480 g/mol. The van der Waals surface area contributed by atoms with Gasteiger partial charge >= 0.3 is 12.2 Å². The summed E-state index contributed by atoms with van der Waals surface area (Å²) in [5.41, 5.74) is 1.40. The normalized spacial score (nSPS) is 13.4. The minimum atomic E-state index is -4.65. The van der Waals surface area contributed by atoms with Gasteiger partial charge in [0.25, 0.3) is 0 Å². The van der Waals surface area contributed by atoms with Crippen molar-refractivity contribution in [3.63, 3.8) is 0 Å². The summed E-state index contributed by atoms with van der Waals surface area (Å²) in [5.74, 6) is -0.123. The Balaban J connectivity index is 1.39. The standard InChI is InChI=1S/C26H23F3N4O2/c27-26(28,29)22-16-18(17-30)7-12-24(22)35-21-10-8-19(9-11-21)23-6-3-5-20(32-23)4-1-2-14-33-15-13-31-25(33)34/h3,5-12,16H,1-2,4,13-15H2,(H,31,34). The van der Waals surface area contributed by atoms with Gasteiger partial charge in [-0.3, -0.25) is 4.98 Å². The number of nitriles is 1. The highest BCUT2D eigenvalue weighted by Gasteiger charge is 2.35. The first kappa shape index (κ1) is 24.1. The molecule has 6 nitrogen and oxygen atoms in total. The lowest BCUT2D eigenvalue weighted by Crippen LogP contribution is -2.29. The number of urea groups is 1. The lowest BCUT2D eigenvalue weighted by Gasteiger charge is -2.14. The third-order valence-electron chi connectivity index (χ3n) is 5.65. The predicted octanol–water partition coefficient (Wildman–Crippen LogP) is 5.78. The number of pyridine rings is 1. The van der Waals surface area contributed by atoms with Crippen molar-refractivity contribution in [3.05, 3.63) is 77.5 Å². The highest BCUT2D eigenvalue weighted by Crippen LogP contribution is 2.39. The van der Waals surface area contributed by atoms with E-state index in [4.69, 9.17) is 15.0 Å². The van der Waals surface area contributed by atoms with Crippen LogP contribution in [0.2, 0.25) is 0 Å². The van der Waals surface area contributed by atoms with Crippen molar-refractivity contribution in [3.8, 4) is 28.8 Å². The molecule has 0 bridgehead atoms. The van der Waals surface area contributed by atoms with Gasteiger partial charge in [0.1, 0.15) is 11.5 Å². The number of nitrogens with one attached hydrogen (secondary N) is 1. The third-order valence-corrected chi connectivity index (χ3v) is 5.65. The van der Waals surface area contributed by atoms with E-state index >= 15 is 0 Å². The van der Waals surface area contributed by atoms with E-state index in [0.717, 1.165) is 61.4 Å². The van der Waals surface area contributed by atoms with Crippen LogP contribution in [0.15, 0.2) is 60.7 Å². The second-order valence-electron chi connectivity index (χ2n) is 8.14. The van der Waals surface area contributed by atoms with Crippen LogP contribution in [0, 0.1) is 11.3 Å². The van der Waals surface area contributed by atoms with Crippen molar-refractivity contribution in [2.75, 3.05) is 19.6 Å². The number of carbonyl (C=O) groups is 1. The number of benzene rings is 2. The highest BCUT2D eigenvalue weighted by atomic mass is 19.4. The van der Waals surface area contributed by atoms with Crippen LogP contribution in [0.1, 0.15) is 29.7 Å². The van der Waals surface area contributed by atoms with Crippen LogP contribution in [0.25, 0.3) is 11.3 Å². The predicted molar refractivity (Wildman–Crippen MR) is 124 cm³/mol. The maximum absolute atomic E-state index is 13.4. The molecule has 35 heavy (non-hydrogen) atoms. The zero-order valence-electron chi connectivity index (χ0n) is 18.8. The number of alkyl halides is 3. The lowest BCUT2D eigenvalue weighted by atomic mass is 10.1. The van der Waals surface area contributed by atoms with Crippen molar-refractivity contribution in [1.82, 2.24) is 15.2 Å². The van der Waals surface area contributed by atoms with E-state index in [9.17, 15) is 18.0 Å². The molecule has 3 aromatic rings. The van der Waals surface area contributed by atoms with Gasteiger partial charge in [-0.15, -0.1) is 0 Å². The first-order valence-electron chi connectivity index (χ1n) is 11.2. The van der Waals surface area contributed by atoms with E-state index in [-0.39, 0.29) is 23.1 Å². The minimum Gasteiger partial charge on any atom is -0.457 e. The van der Waals surface area contributed by atoms with Gasteiger partial charge in [0.2, 0.25) is 0 Å². The van der Waals surface area contributed by atoms with Gasteiger partial charge in [-0.2, -0.15) is 18.4 Å². The zero-order chi connectivity index (χ0) is 24.8. The Bertz CT molecular complexity index is 1240. The van der Waals surface area contributed by atoms with Crippen molar-refractivity contribution in [2.45, 2.75) is 25.4 Å². The first-order valence-corrected chi connectivity index (χ1v) is 11.2. The van der Waals surface area contributed by atoms with Crippen molar-refractivity contribution >= 4 is 6.03 Å². The summed E-state index contributed by atoms with van der Waals surface area (Å²) < 4.78 is 45.6. The number of aryl methyl sites for hydroxylation is 1. The topological polar surface area (TPSA) is 78.2 Å². The molecule has 0 unspecified atom stereocenters. The van der Waals surface area contributed by atoms with Crippen LogP contribution in [-0.4, -0.2) is 35.5 Å². The summed E-state index contributed by atoms with van der Waals surface area (Å²) >= 11 is 0. The zero-order valence-corrected chi connectivity index (χ0v) is 18.8. The molecule has 0 radical (unpaired) electrons. The van der Waals surface area contributed by atoms with E-state index in [1.165, 1.54) is 6.07 Å². The van der Waals surface area contributed by atoms with Gasteiger partial charge in [0.15, 0.2) is 0 Å². The third kappa shape index (κ3) is 6.09. The maximum Gasteiger partial charge on any atom is 0.420 e. The van der Waals surface area contributed by atoms with E-state index in [1.54, 1.807) is 30.3 Å². The fourth-order valence-corrected chi connectivity index (χ4v) is 3.84. The quantitative estimate of drug-likeness (QED) is 0.415. The number of rotatable bonds is 8. The molecule has 0 saturated carbocycles. The molecule has 2 amide bonds. The number of amides is 2. The molecule has 1 fully saturated rings. The first-order chi connectivity index (χ1) is 16.8. The monoisotopic (exact) mass is 480 g/mol. The van der Waals surface area contributed by atoms with Crippen LogP contribution < -0.4 is 10.1 Å². The molecule has 1 aromatic heterocycles. The smallest absolute Gasteiger partial charge is 0.420 e. The van der Waals surface area contributed by atoms with Gasteiger partial charge in [-0.25, -0.2) is 4.79 Å².